The minimum absolute atomic E-state index is 0.318. The molecule has 5 nitrogen and oxygen atoms in total. The molecule has 2 aliphatic rings. The summed E-state index contributed by atoms with van der Waals surface area (Å²) in [5, 5.41) is 4.09. The van der Waals surface area contributed by atoms with E-state index in [4.69, 9.17) is 15.0 Å². The van der Waals surface area contributed by atoms with E-state index >= 15 is 0 Å². The summed E-state index contributed by atoms with van der Waals surface area (Å²) in [6, 6.07) is 0. The number of hydrogen-bond donors (Lipinski definition) is 1. The number of nitrogens with zero attached hydrogens (tertiary/aromatic N) is 2. The van der Waals surface area contributed by atoms with E-state index in [1.807, 2.05) is 0 Å². The van der Waals surface area contributed by atoms with Crippen LogP contribution in [0.15, 0.2) is 4.52 Å². The molecular formula is C12H19N3O2. The van der Waals surface area contributed by atoms with Crippen LogP contribution in [0.4, 0.5) is 0 Å². The van der Waals surface area contributed by atoms with Gasteiger partial charge in [-0.05, 0) is 24.7 Å². The van der Waals surface area contributed by atoms with Crippen molar-refractivity contribution in [3.8, 4) is 0 Å². The molecule has 1 aliphatic heterocycles. The first kappa shape index (κ1) is 11.2. The maximum atomic E-state index is 6.31. The molecule has 1 saturated carbocycles. The average molecular weight is 237 g/mol. The fraction of sp³-hybridized carbons (Fsp3) is 0.833. The Labute approximate surface area is 101 Å². The first-order chi connectivity index (χ1) is 8.01. The molecule has 1 atom stereocenters. The van der Waals surface area contributed by atoms with Crippen molar-refractivity contribution in [2.45, 2.75) is 44.6 Å². The Morgan fingerprint density at radius 3 is 2.53 bits per heavy atom. The van der Waals surface area contributed by atoms with Crippen molar-refractivity contribution in [3.63, 3.8) is 0 Å². The van der Waals surface area contributed by atoms with Gasteiger partial charge in [0.1, 0.15) is 5.54 Å². The predicted molar refractivity (Wildman–Crippen MR) is 61.4 cm³/mol. The van der Waals surface area contributed by atoms with Gasteiger partial charge in [0, 0.05) is 19.1 Å². The normalized spacial score (nSPS) is 30.2. The van der Waals surface area contributed by atoms with Crippen molar-refractivity contribution in [1.82, 2.24) is 10.1 Å². The minimum atomic E-state index is -0.484. The molecule has 0 amide bonds. The SMILES string of the molecule is CC1(C)CC1c1noc(C2(N)CCOCC2)n1. The summed E-state index contributed by atoms with van der Waals surface area (Å²) in [4.78, 5) is 4.50. The molecule has 0 radical (unpaired) electrons. The smallest absolute Gasteiger partial charge is 0.246 e. The summed E-state index contributed by atoms with van der Waals surface area (Å²) < 4.78 is 10.7. The molecule has 1 aliphatic carbocycles. The zero-order chi connectivity index (χ0) is 12.1. The van der Waals surface area contributed by atoms with Crippen molar-refractivity contribution in [2.75, 3.05) is 13.2 Å². The van der Waals surface area contributed by atoms with Crippen LogP contribution in [-0.4, -0.2) is 23.4 Å². The van der Waals surface area contributed by atoms with E-state index in [0.717, 1.165) is 25.1 Å². The van der Waals surface area contributed by atoms with Gasteiger partial charge < -0.3 is 15.0 Å². The van der Waals surface area contributed by atoms with Gasteiger partial charge in [-0.15, -0.1) is 0 Å². The van der Waals surface area contributed by atoms with Crippen LogP contribution in [0, 0.1) is 5.41 Å². The topological polar surface area (TPSA) is 74.2 Å². The van der Waals surface area contributed by atoms with E-state index in [-0.39, 0.29) is 0 Å². The number of nitrogens with two attached hydrogens (primary N) is 1. The van der Waals surface area contributed by atoms with Gasteiger partial charge in [0.05, 0.1) is 0 Å². The average Bonchev–Trinajstić information content (AvgIpc) is 2.76. The highest BCUT2D eigenvalue weighted by Gasteiger charge is 2.50. The second-order valence-electron chi connectivity index (χ2n) is 5.97. The Morgan fingerprint density at radius 1 is 1.29 bits per heavy atom. The Hall–Kier alpha value is -0.940. The zero-order valence-electron chi connectivity index (χ0n) is 10.4. The van der Waals surface area contributed by atoms with Crippen LogP contribution >= 0.6 is 0 Å². The van der Waals surface area contributed by atoms with Gasteiger partial charge in [0.2, 0.25) is 5.89 Å². The molecule has 3 rings (SSSR count). The maximum Gasteiger partial charge on any atom is 0.246 e. The van der Waals surface area contributed by atoms with E-state index < -0.39 is 5.54 Å². The molecule has 1 aromatic rings. The van der Waals surface area contributed by atoms with Crippen LogP contribution < -0.4 is 5.73 Å². The van der Waals surface area contributed by atoms with Crippen molar-refractivity contribution in [3.05, 3.63) is 11.7 Å². The molecule has 0 aromatic carbocycles. The highest BCUT2D eigenvalue weighted by Crippen LogP contribution is 2.57. The van der Waals surface area contributed by atoms with Crippen LogP contribution in [0.2, 0.25) is 0 Å². The molecule has 1 saturated heterocycles. The predicted octanol–water partition coefficient (Wildman–Crippen LogP) is 1.55. The summed E-state index contributed by atoms with van der Waals surface area (Å²) in [6.45, 7) is 5.78. The molecule has 0 bridgehead atoms. The van der Waals surface area contributed by atoms with Gasteiger partial charge in [0.25, 0.3) is 0 Å². The highest BCUT2D eigenvalue weighted by atomic mass is 16.5. The third kappa shape index (κ3) is 1.87. The second-order valence-corrected chi connectivity index (χ2v) is 5.97. The monoisotopic (exact) mass is 237 g/mol. The lowest BCUT2D eigenvalue weighted by Gasteiger charge is -2.29. The van der Waals surface area contributed by atoms with E-state index in [1.165, 1.54) is 0 Å². The third-order valence-corrected chi connectivity index (χ3v) is 4.08. The summed E-state index contributed by atoms with van der Waals surface area (Å²) in [5.41, 5.74) is 6.14. The lowest BCUT2D eigenvalue weighted by molar-refractivity contribution is 0.0400. The molecule has 2 N–H and O–H groups in total. The van der Waals surface area contributed by atoms with Gasteiger partial charge in [-0.3, -0.25) is 0 Å². The first-order valence-electron chi connectivity index (χ1n) is 6.22. The maximum absolute atomic E-state index is 6.31. The molecule has 2 fully saturated rings. The molecule has 2 heterocycles. The van der Waals surface area contributed by atoms with Crippen molar-refractivity contribution in [2.24, 2.45) is 11.1 Å². The number of ether oxygens (including phenoxy) is 1. The fourth-order valence-corrected chi connectivity index (χ4v) is 2.44. The van der Waals surface area contributed by atoms with Crippen LogP contribution in [0.3, 0.4) is 0 Å². The number of rotatable bonds is 2. The van der Waals surface area contributed by atoms with E-state index in [9.17, 15) is 0 Å². The van der Waals surface area contributed by atoms with Gasteiger partial charge in [-0.25, -0.2) is 0 Å². The minimum Gasteiger partial charge on any atom is -0.381 e. The Kier molecular flexibility index (Phi) is 2.32. The Morgan fingerprint density at radius 2 is 1.94 bits per heavy atom. The van der Waals surface area contributed by atoms with E-state index in [1.54, 1.807) is 0 Å². The lowest BCUT2D eigenvalue weighted by atomic mass is 9.91. The molecule has 0 spiro atoms. The fourth-order valence-electron chi connectivity index (χ4n) is 2.44. The number of aromatic nitrogens is 2. The molecule has 1 aromatic heterocycles. The Balaban J connectivity index is 1.80. The van der Waals surface area contributed by atoms with E-state index in [2.05, 4.69) is 24.0 Å². The first-order valence-corrected chi connectivity index (χ1v) is 6.22. The third-order valence-electron chi connectivity index (χ3n) is 4.08. The quantitative estimate of drug-likeness (QED) is 0.844. The van der Waals surface area contributed by atoms with Crippen LogP contribution in [0.1, 0.15) is 50.7 Å². The van der Waals surface area contributed by atoms with Crippen molar-refractivity contribution >= 4 is 0 Å². The molecule has 5 heteroatoms. The van der Waals surface area contributed by atoms with Gasteiger partial charge in [-0.1, -0.05) is 19.0 Å². The summed E-state index contributed by atoms with van der Waals surface area (Å²) in [6.07, 6.45) is 2.64. The molecular weight excluding hydrogens is 218 g/mol. The molecule has 1 unspecified atom stereocenters. The standard InChI is InChI=1S/C12H19N3O2/c1-11(2)7-8(11)9-14-10(17-15-9)12(13)3-5-16-6-4-12/h8H,3-7,13H2,1-2H3. The second kappa shape index (κ2) is 3.53. The van der Waals surface area contributed by atoms with Crippen LogP contribution in [0.25, 0.3) is 0 Å². The summed E-state index contributed by atoms with van der Waals surface area (Å²) in [5.74, 6) is 1.84. The largest absolute Gasteiger partial charge is 0.381 e. The highest BCUT2D eigenvalue weighted by molar-refractivity contribution is 5.16. The van der Waals surface area contributed by atoms with Crippen molar-refractivity contribution < 1.29 is 9.26 Å². The van der Waals surface area contributed by atoms with Gasteiger partial charge in [-0.2, -0.15) is 4.98 Å². The summed E-state index contributed by atoms with van der Waals surface area (Å²) in [7, 11) is 0. The lowest BCUT2D eigenvalue weighted by Crippen LogP contribution is -2.42. The molecule has 17 heavy (non-hydrogen) atoms. The van der Waals surface area contributed by atoms with Crippen LogP contribution in [0.5, 0.6) is 0 Å². The van der Waals surface area contributed by atoms with Gasteiger partial charge in [0.15, 0.2) is 5.82 Å². The van der Waals surface area contributed by atoms with E-state index in [0.29, 0.717) is 30.4 Å². The van der Waals surface area contributed by atoms with Gasteiger partial charge >= 0.3 is 0 Å². The number of hydrogen-bond acceptors (Lipinski definition) is 5. The zero-order valence-corrected chi connectivity index (χ0v) is 10.4. The van der Waals surface area contributed by atoms with Crippen molar-refractivity contribution in [1.29, 1.82) is 0 Å². The van der Waals surface area contributed by atoms with Crippen LogP contribution in [-0.2, 0) is 10.3 Å². The molecule has 94 valence electrons. The summed E-state index contributed by atoms with van der Waals surface area (Å²) >= 11 is 0. The Bertz CT molecular complexity index is 421.